The molecule has 0 atom stereocenters. The van der Waals surface area contributed by atoms with Gasteiger partial charge in [-0.25, -0.2) is 18.7 Å². The average Bonchev–Trinajstić information content (AvgIpc) is 2.72. The van der Waals surface area contributed by atoms with Crippen LogP contribution in [0.1, 0.15) is 15.9 Å². The molecule has 0 aliphatic carbocycles. The zero-order chi connectivity index (χ0) is 22.1. The van der Waals surface area contributed by atoms with Gasteiger partial charge in [0.1, 0.15) is 12.4 Å². The van der Waals surface area contributed by atoms with E-state index in [9.17, 15) is 18.0 Å². The molecule has 0 heterocycles. The molecule has 0 aliphatic heterocycles. The van der Waals surface area contributed by atoms with E-state index in [1.54, 1.807) is 0 Å². The van der Waals surface area contributed by atoms with Gasteiger partial charge in [-0.05, 0) is 46.9 Å². The fourth-order valence-corrected chi connectivity index (χ4v) is 2.62. The maximum Gasteiger partial charge on any atom is 0.277 e. The summed E-state index contributed by atoms with van der Waals surface area (Å²) in [6.07, 6.45) is 0.814. The van der Waals surface area contributed by atoms with Crippen LogP contribution >= 0.6 is 22.6 Å². The van der Waals surface area contributed by atoms with E-state index < -0.39 is 46.8 Å². The predicted molar refractivity (Wildman–Crippen MR) is 110 cm³/mol. The lowest BCUT2D eigenvalue weighted by molar-refractivity contribution is 0.0168. The molecule has 30 heavy (non-hydrogen) atoms. The van der Waals surface area contributed by atoms with Crippen LogP contribution in [0.2, 0.25) is 0 Å². The van der Waals surface area contributed by atoms with E-state index in [1.165, 1.54) is 18.2 Å². The van der Waals surface area contributed by atoms with Gasteiger partial charge in [0.15, 0.2) is 11.6 Å². The zero-order valence-electron chi connectivity index (χ0n) is 15.3. The summed E-state index contributed by atoms with van der Waals surface area (Å²) < 4.78 is 44.0. The van der Waals surface area contributed by atoms with Crippen molar-refractivity contribution in [3.63, 3.8) is 0 Å². The first-order chi connectivity index (χ1) is 14.4. The average molecular weight is 539 g/mol. The van der Waals surface area contributed by atoms with E-state index >= 15 is 0 Å². The number of hydroxylamine groups is 1. The van der Waals surface area contributed by atoms with Crippen LogP contribution in [0.4, 0.5) is 24.5 Å². The van der Waals surface area contributed by atoms with Gasteiger partial charge >= 0.3 is 0 Å². The fraction of sp³-hybridized carbons (Fsp3) is 0.222. The van der Waals surface area contributed by atoms with E-state index in [0.717, 1.165) is 12.3 Å². The number of anilines is 2. The summed E-state index contributed by atoms with van der Waals surface area (Å²) in [6, 6.07) is 4.95. The van der Waals surface area contributed by atoms with Crippen LogP contribution in [0.3, 0.4) is 0 Å². The van der Waals surface area contributed by atoms with E-state index in [-0.39, 0.29) is 25.5 Å². The Balaban J connectivity index is 2.47. The highest BCUT2D eigenvalue weighted by atomic mass is 127. The number of aliphatic hydroxyl groups excluding tert-OH is 2. The Morgan fingerprint density at radius 2 is 1.87 bits per heavy atom. The number of carbonyl (C=O) groups is 1. The predicted octanol–water partition coefficient (Wildman–Crippen LogP) is 2.45. The summed E-state index contributed by atoms with van der Waals surface area (Å²) in [5, 5.41) is 23.1. The van der Waals surface area contributed by atoms with Crippen molar-refractivity contribution in [2.45, 2.75) is 0 Å². The minimum absolute atomic E-state index is 0.172. The van der Waals surface area contributed by atoms with Gasteiger partial charge in [-0.3, -0.25) is 9.63 Å². The number of halogens is 4. The SMILES string of the molecule is O=C(NOCCO)c1cc(/C=N/OCCO)c(F)c(F)c1Nc1ccc(I)cc1F. The van der Waals surface area contributed by atoms with Crippen molar-refractivity contribution in [1.82, 2.24) is 5.48 Å². The van der Waals surface area contributed by atoms with E-state index in [2.05, 4.69) is 15.3 Å². The van der Waals surface area contributed by atoms with Crippen molar-refractivity contribution in [1.29, 1.82) is 0 Å². The first-order valence-electron chi connectivity index (χ1n) is 8.42. The third-order valence-corrected chi connectivity index (χ3v) is 4.15. The largest absolute Gasteiger partial charge is 0.394 e. The maximum absolute atomic E-state index is 14.8. The Kier molecular flexibility index (Phi) is 9.29. The van der Waals surface area contributed by atoms with Gasteiger partial charge in [-0.2, -0.15) is 0 Å². The van der Waals surface area contributed by atoms with Gasteiger partial charge in [0.25, 0.3) is 5.91 Å². The second kappa shape index (κ2) is 11.7. The number of nitrogens with one attached hydrogen (secondary N) is 2. The first-order valence-corrected chi connectivity index (χ1v) is 9.50. The number of aliphatic hydroxyl groups is 2. The van der Waals surface area contributed by atoms with E-state index in [1.807, 2.05) is 28.1 Å². The lowest BCUT2D eigenvalue weighted by Gasteiger charge is -2.15. The quantitative estimate of drug-likeness (QED) is 0.160. The molecule has 0 bridgehead atoms. The fourth-order valence-electron chi connectivity index (χ4n) is 2.17. The second-order valence-electron chi connectivity index (χ2n) is 5.56. The molecule has 0 spiro atoms. The van der Waals surface area contributed by atoms with E-state index in [4.69, 9.17) is 15.1 Å². The van der Waals surface area contributed by atoms with Crippen molar-refractivity contribution in [3.8, 4) is 0 Å². The monoisotopic (exact) mass is 539 g/mol. The maximum atomic E-state index is 14.8. The Hall–Kier alpha value is -2.42. The number of nitrogens with zero attached hydrogens (tertiary/aromatic N) is 1. The van der Waals surface area contributed by atoms with Crippen LogP contribution in [-0.2, 0) is 9.68 Å². The van der Waals surface area contributed by atoms with Crippen LogP contribution in [0.25, 0.3) is 0 Å². The number of rotatable bonds is 10. The molecule has 4 N–H and O–H groups in total. The van der Waals surface area contributed by atoms with Crippen LogP contribution in [0.5, 0.6) is 0 Å². The minimum Gasteiger partial charge on any atom is -0.394 e. The smallest absolute Gasteiger partial charge is 0.277 e. The van der Waals surface area contributed by atoms with Crippen molar-refractivity contribution in [2.75, 3.05) is 31.7 Å². The molecule has 1 amide bonds. The molecule has 162 valence electrons. The molecule has 0 radical (unpaired) electrons. The van der Waals surface area contributed by atoms with Gasteiger partial charge < -0.3 is 20.4 Å². The summed E-state index contributed by atoms with van der Waals surface area (Å²) in [6.45, 7) is -1.15. The summed E-state index contributed by atoms with van der Waals surface area (Å²) in [5.74, 6) is -4.56. The lowest BCUT2D eigenvalue weighted by Crippen LogP contribution is -2.26. The van der Waals surface area contributed by atoms with Crippen LogP contribution < -0.4 is 10.8 Å². The van der Waals surface area contributed by atoms with Gasteiger partial charge in [-0.15, -0.1) is 0 Å². The summed E-state index contributed by atoms with van der Waals surface area (Å²) >= 11 is 1.88. The molecule has 0 saturated carbocycles. The molecular formula is C18H17F3IN3O5. The summed E-state index contributed by atoms with van der Waals surface area (Å²) in [7, 11) is 0. The van der Waals surface area contributed by atoms with Crippen molar-refractivity contribution >= 4 is 46.1 Å². The molecule has 0 unspecified atom stereocenters. The van der Waals surface area contributed by atoms with Crippen molar-refractivity contribution in [2.24, 2.45) is 5.16 Å². The molecule has 0 saturated heterocycles. The highest BCUT2D eigenvalue weighted by molar-refractivity contribution is 14.1. The highest BCUT2D eigenvalue weighted by Crippen LogP contribution is 2.30. The molecule has 2 aromatic carbocycles. The molecule has 2 rings (SSSR count). The number of hydrogen-bond donors (Lipinski definition) is 4. The Morgan fingerprint density at radius 1 is 1.13 bits per heavy atom. The highest BCUT2D eigenvalue weighted by Gasteiger charge is 2.23. The third-order valence-electron chi connectivity index (χ3n) is 3.48. The number of benzene rings is 2. The molecule has 0 aliphatic rings. The Labute approximate surface area is 182 Å². The van der Waals surface area contributed by atoms with Crippen LogP contribution in [0, 0.1) is 21.0 Å². The lowest BCUT2D eigenvalue weighted by atomic mass is 10.1. The van der Waals surface area contributed by atoms with Crippen molar-refractivity contribution < 1.29 is 37.9 Å². The Bertz CT molecular complexity index is 930. The molecule has 0 aromatic heterocycles. The minimum atomic E-state index is -1.47. The van der Waals surface area contributed by atoms with Crippen LogP contribution in [0.15, 0.2) is 29.4 Å². The van der Waals surface area contributed by atoms with Gasteiger partial charge in [0.05, 0.1) is 43.0 Å². The van der Waals surface area contributed by atoms with E-state index in [0.29, 0.717) is 3.57 Å². The summed E-state index contributed by atoms with van der Waals surface area (Å²) in [5.41, 5.74) is 0.286. The number of hydrogen-bond acceptors (Lipinski definition) is 7. The third kappa shape index (κ3) is 6.29. The van der Waals surface area contributed by atoms with Crippen molar-refractivity contribution in [3.05, 3.63) is 56.4 Å². The molecule has 8 nitrogen and oxygen atoms in total. The standard InChI is InChI=1S/C18H17F3IN3O5/c19-13-8-11(22)1-2-14(13)24-17-12(18(28)25-30-6-4-27)7-10(15(20)16(17)21)9-23-29-5-3-26/h1-2,7-9,24,26-27H,3-6H2,(H,25,28)/b23-9+. The number of carbonyl (C=O) groups excluding carboxylic acids is 1. The second-order valence-corrected chi connectivity index (χ2v) is 6.81. The topological polar surface area (TPSA) is 112 Å². The Morgan fingerprint density at radius 3 is 2.53 bits per heavy atom. The van der Waals surface area contributed by atoms with Crippen LogP contribution in [-0.4, -0.2) is 48.8 Å². The number of oxime groups is 1. The zero-order valence-corrected chi connectivity index (χ0v) is 17.5. The normalized spacial score (nSPS) is 11.0. The molecular weight excluding hydrogens is 522 g/mol. The van der Waals surface area contributed by atoms with Gasteiger partial charge in [0, 0.05) is 9.13 Å². The van der Waals surface area contributed by atoms with Gasteiger partial charge in [0.2, 0.25) is 0 Å². The molecule has 2 aromatic rings. The first kappa shape index (κ1) is 23.9. The molecule has 0 fully saturated rings. The number of amides is 1. The van der Waals surface area contributed by atoms with Gasteiger partial charge in [-0.1, -0.05) is 5.16 Å². The molecule has 12 heteroatoms. The summed E-state index contributed by atoms with van der Waals surface area (Å²) in [4.78, 5) is 21.7.